The Morgan fingerprint density at radius 2 is 2.38 bits per heavy atom. The fourth-order valence-corrected chi connectivity index (χ4v) is 2.39. The van der Waals surface area contributed by atoms with E-state index in [1.54, 1.807) is 6.08 Å². The molecule has 0 aromatic carbocycles. The van der Waals surface area contributed by atoms with Crippen LogP contribution in [0.4, 0.5) is 0 Å². The molecule has 0 saturated heterocycles. The first-order valence-corrected chi connectivity index (χ1v) is 4.62. The molecule has 2 aliphatic rings. The van der Waals surface area contributed by atoms with Crippen molar-refractivity contribution < 1.29 is 0 Å². The van der Waals surface area contributed by atoms with E-state index in [1.807, 2.05) is 0 Å². The average Bonchev–Trinajstić information content (AvgIpc) is 2.57. The van der Waals surface area contributed by atoms with Crippen LogP contribution in [0, 0.1) is 22.7 Å². The standard InChI is InChI=1S/C12H13N/c1-12(2)8-9(6-7-13)10-4-3-5-11(10)12/h3-6,10H,8H2,1-2H3/b9-6+. The number of allylic oxidation sites excluding steroid dienone is 6. The zero-order valence-electron chi connectivity index (χ0n) is 8.04. The van der Waals surface area contributed by atoms with Gasteiger partial charge in [0.2, 0.25) is 0 Å². The maximum absolute atomic E-state index is 8.65. The van der Waals surface area contributed by atoms with Gasteiger partial charge in [0, 0.05) is 12.0 Å². The Balaban J connectivity index is 2.42. The highest BCUT2D eigenvalue weighted by Gasteiger charge is 2.39. The molecule has 0 spiro atoms. The Labute approximate surface area is 79.1 Å². The highest BCUT2D eigenvalue weighted by molar-refractivity contribution is 5.46. The molecule has 0 N–H and O–H groups in total. The van der Waals surface area contributed by atoms with Crippen molar-refractivity contribution in [2.45, 2.75) is 20.3 Å². The molecule has 2 aliphatic carbocycles. The summed E-state index contributed by atoms with van der Waals surface area (Å²) in [4.78, 5) is 0. The third-order valence-corrected chi connectivity index (χ3v) is 2.99. The molecule has 1 heteroatoms. The van der Waals surface area contributed by atoms with Crippen LogP contribution in [0.5, 0.6) is 0 Å². The van der Waals surface area contributed by atoms with E-state index in [2.05, 4.69) is 38.1 Å². The van der Waals surface area contributed by atoms with Gasteiger partial charge < -0.3 is 0 Å². The molecule has 1 unspecified atom stereocenters. The van der Waals surface area contributed by atoms with E-state index in [1.165, 1.54) is 11.1 Å². The summed E-state index contributed by atoms with van der Waals surface area (Å²) in [6.07, 6.45) is 9.23. The minimum atomic E-state index is 0.247. The molecule has 13 heavy (non-hydrogen) atoms. The zero-order valence-corrected chi connectivity index (χ0v) is 8.04. The fraction of sp³-hybridized carbons (Fsp3) is 0.417. The summed E-state index contributed by atoms with van der Waals surface area (Å²) in [7, 11) is 0. The number of hydrogen-bond donors (Lipinski definition) is 0. The van der Waals surface area contributed by atoms with Gasteiger partial charge in [-0.15, -0.1) is 0 Å². The van der Waals surface area contributed by atoms with Crippen LogP contribution in [-0.4, -0.2) is 0 Å². The third-order valence-electron chi connectivity index (χ3n) is 2.99. The first-order valence-electron chi connectivity index (χ1n) is 4.62. The van der Waals surface area contributed by atoms with Crippen LogP contribution in [0.3, 0.4) is 0 Å². The Hall–Kier alpha value is -1.29. The fourth-order valence-electron chi connectivity index (χ4n) is 2.39. The van der Waals surface area contributed by atoms with E-state index in [4.69, 9.17) is 5.26 Å². The largest absolute Gasteiger partial charge is 0.193 e. The SMILES string of the molecule is CC1(C)C/C(=C\C#N)C2C=CC=C21. The van der Waals surface area contributed by atoms with E-state index in [9.17, 15) is 0 Å². The molecule has 1 saturated carbocycles. The summed E-state index contributed by atoms with van der Waals surface area (Å²) in [5, 5.41) is 8.65. The predicted octanol–water partition coefficient (Wildman–Crippen LogP) is 2.98. The highest BCUT2D eigenvalue weighted by atomic mass is 14.4. The third kappa shape index (κ3) is 1.14. The van der Waals surface area contributed by atoms with Gasteiger partial charge in [0.25, 0.3) is 0 Å². The molecule has 1 nitrogen and oxygen atoms in total. The topological polar surface area (TPSA) is 23.8 Å². The second kappa shape index (κ2) is 2.60. The van der Waals surface area contributed by atoms with E-state index in [-0.39, 0.29) is 5.41 Å². The molecule has 0 bridgehead atoms. The lowest BCUT2D eigenvalue weighted by atomic mass is 9.86. The van der Waals surface area contributed by atoms with Crippen molar-refractivity contribution in [1.82, 2.24) is 0 Å². The molecular formula is C12H13N. The van der Waals surface area contributed by atoms with Crippen LogP contribution in [0.15, 0.2) is 35.5 Å². The highest BCUT2D eigenvalue weighted by Crippen LogP contribution is 2.51. The summed E-state index contributed by atoms with van der Waals surface area (Å²) < 4.78 is 0. The van der Waals surface area contributed by atoms with Crippen molar-refractivity contribution >= 4 is 0 Å². The molecule has 0 amide bonds. The molecule has 0 aliphatic heterocycles. The maximum atomic E-state index is 8.65. The van der Waals surface area contributed by atoms with Gasteiger partial charge in [0.05, 0.1) is 6.07 Å². The number of nitrogens with zero attached hydrogens (tertiary/aromatic N) is 1. The van der Waals surface area contributed by atoms with Crippen molar-refractivity contribution in [1.29, 1.82) is 5.26 Å². The normalized spacial score (nSPS) is 31.6. The van der Waals surface area contributed by atoms with Crippen molar-refractivity contribution in [3.63, 3.8) is 0 Å². The average molecular weight is 171 g/mol. The van der Waals surface area contributed by atoms with Gasteiger partial charge in [0.1, 0.15) is 0 Å². The number of rotatable bonds is 0. The number of hydrogen-bond acceptors (Lipinski definition) is 1. The van der Waals surface area contributed by atoms with Gasteiger partial charge >= 0.3 is 0 Å². The van der Waals surface area contributed by atoms with Crippen molar-refractivity contribution in [2.75, 3.05) is 0 Å². The van der Waals surface area contributed by atoms with E-state index in [0.29, 0.717) is 5.92 Å². The zero-order chi connectivity index (χ0) is 9.47. The minimum absolute atomic E-state index is 0.247. The van der Waals surface area contributed by atoms with E-state index >= 15 is 0 Å². The van der Waals surface area contributed by atoms with Crippen LogP contribution >= 0.6 is 0 Å². The van der Waals surface area contributed by atoms with Crippen LogP contribution in [0.25, 0.3) is 0 Å². The Morgan fingerprint density at radius 3 is 3.08 bits per heavy atom. The van der Waals surface area contributed by atoms with Crippen LogP contribution in [0.2, 0.25) is 0 Å². The Morgan fingerprint density at radius 1 is 1.62 bits per heavy atom. The Kier molecular flexibility index (Phi) is 1.66. The first kappa shape index (κ1) is 8.31. The predicted molar refractivity (Wildman–Crippen MR) is 52.8 cm³/mol. The van der Waals surface area contributed by atoms with Gasteiger partial charge in [-0.05, 0) is 17.4 Å². The van der Waals surface area contributed by atoms with Gasteiger partial charge in [-0.2, -0.15) is 5.26 Å². The lowest BCUT2D eigenvalue weighted by molar-refractivity contribution is 0.478. The molecule has 0 heterocycles. The van der Waals surface area contributed by atoms with Crippen LogP contribution in [-0.2, 0) is 0 Å². The Bertz CT molecular complexity index is 361. The molecule has 0 aromatic rings. The second-order valence-corrected chi connectivity index (χ2v) is 4.39. The van der Waals surface area contributed by atoms with Gasteiger partial charge in [-0.3, -0.25) is 0 Å². The second-order valence-electron chi connectivity index (χ2n) is 4.39. The number of fused-ring (bicyclic) bond motifs is 1. The van der Waals surface area contributed by atoms with E-state index < -0.39 is 0 Å². The molecule has 0 aromatic heterocycles. The molecule has 0 radical (unpaired) electrons. The monoisotopic (exact) mass is 171 g/mol. The molecule has 2 rings (SSSR count). The maximum Gasteiger partial charge on any atom is 0.0911 e. The van der Waals surface area contributed by atoms with Crippen LogP contribution in [0.1, 0.15) is 20.3 Å². The van der Waals surface area contributed by atoms with Gasteiger partial charge in [0.15, 0.2) is 0 Å². The lowest BCUT2D eigenvalue weighted by Crippen LogP contribution is -2.07. The quantitative estimate of drug-likeness (QED) is 0.514. The van der Waals surface area contributed by atoms with Crippen molar-refractivity contribution in [3.05, 3.63) is 35.5 Å². The van der Waals surface area contributed by atoms with Crippen LogP contribution < -0.4 is 0 Å². The molecule has 1 fully saturated rings. The smallest absolute Gasteiger partial charge is 0.0911 e. The summed E-state index contributed by atoms with van der Waals surface area (Å²) in [5.41, 5.74) is 2.98. The van der Waals surface area contributed by atoms with Crippen molar-refractivity contribution in [3.8, 4) is 6.07 Å². The lowest BCUT2D eigenvalue weighted by Gasteiger charge is -2.18. The van der Waals surface area contributed by atoms with E-state index in [0.717, 1.165) is 6.42 Å². The minimum Gasteiger partial charge on any atom is -0.193 e. The van der Waals surface area contributed by atoms with Gasteiger partial charge in [-0.1, -0.05) is 37.6 Å². The molecular weight excluding hydrogens is 158 g/mol. The van der Waals surface area contributed by atoms with Gasteiger partial charge in [-0.25, -0.2) is 0 Å². The summed E-state index contributed by atoms with van der Waals surface area (Å²) in [5.74, 6) is 0.426. The van der Waals surface area contributed by atoms with Crippen molar-refractivity contribution in [2.24, 2.45) is 11.3 Å². The summed E-state index contributed by atoms with van der Waals surface area (Å²) >= 11 is 0. The summed E-state index contributed by atoms with van der Waals surface area (Å²) in [6.45, 7) is 4.49. The molecule has 66 valence electrons. The first-order chi connectivity index (χ1) is 6.15. The number of nitriles is 1. The summed E-state index contributed by atoms with van der Waals surface area (Å²) in [6, 6.07) is 2.14. The molecule has 1 atom stereocenters.